The van der Waals surface area contributed by atoms with Gasteiger partial charge in [-0.2, -0.15) is 0 Å². The van der Waals surface area contributed by atoms with Crippen molar-refractivity contribution in [3.63, 3.8) is 0 Å². The number of quaternary nitrogens is 1. The second-order valence-corrected chi connectivity index (χ2v) is 5.29. The van der Waals surface area contributed by atoms with Crippen LogP contribution in [-0.2, 0) is 4.79 Å². The minimum Gasteiger partial charge on any atom is -0.338 e. The van der Waals surface area contributed by atoms with Crippen molar-refractivity contribution in [3.05, 3.63) is 0 Å². The van der Waals surface area contributed by atoms with E-state index < -0.39 is 0 Å². The molecule has 5 heteroatoms. The molecule has 1 heterocycles. The zero-order chi connectivity index (χ0) is 13.4. The summed E-state index contributed by atoms with van der Waals surface area (Å²) in [5.74, 6) is 0.507. The van der Waals surface area contributed by atoms with Crippen molar-refractivity contribution < 1.29 is 14.5 Å². The summed E-state index contributed by atoms with van der Waals surface area (Å²) in [4.78, 5) is 24.3. The maximum atomic E-state index is 11.7. The third-order valence-electron chi connectivity index (χ3n) is 3.34. The highest BCUT2D eigenvalue weighted by Gasteiger charge is 2.22. The lowest BCUT2D eigenvalue weighted by molar-refractivity contribution is -0.900. The molecule has 0 aromatic rings. The second kappa shape index (κ2) is 8.08. The van der Waals surface area contributed by atoms with Crippen LogP contribution in [0.5, 0.6) is 0 Å². The van der Waals surface area contributed by atoms with Gasteiger partial charge < -0.3 is 10.2 Å². The van der Waals surface area contributed by atoms with E-state index in [9.17, 15) is 9.59 Å². The molecule has 3 amide bonds. The summed E-state index contributed by atoms with van der Waals surface area (Å²) in [5, 5.41) is 5.07. The Balaban J connectivity index is 2.18. The molecular weight excluding hydrogens is 230 g/mol. The van der Waals surface area contributed by atoms with E-state index in [0.29, 0.717) is 19.0 Å². The molecular formula is C13H26N3O2+. The number of likely N-dealkylation sites (tertiary alicyclic amines) is 1. The summed E-state index contributed by atoms with van der Waals surface area (Å²) in [5.41, 5.74) is 0. The number of amides is 3. The van der Waals surface area contributed by atoms with Crippen LogP contribution < -0.4 is 15.5 Å². The number of carbonyl (C=O) groups excluding carboxylic acids is 2. The van der Waals surface area contributed by atoms with Gasteiger partial charge in [0.05, 0.1) is 13.1 Å². The zero-order valence-electron chi connectivity index (χ0n) is 11.6. The van der Waals surface area contributed by atoms with Crippen molar-refractivity contribution in [2.75, 3.05) is 26.2 Å². The quantitative estimate of drug-likeness (QED) is 0.603. The first-order chi connectivity index (χ1) is 8.61. The molecule has 104 valence electrons. The third-order valence-corrected chi connectivity index (χ3v) is 3.34. The smallest absolute Gasteiger partial charge is 0.321 e. The van der Waals surface area contributed by atoms with E-state index in [1.807, 2.05) is 0 Å². The molecule has 1 aliphatic heterocycles. The fraction of sp³-hybridized carbons (Fsp3) is 0.846. The molecule has 1 aliphatic rings. The van der Waals surface area contributed by atoms with E-state index in [1.54, 1.807) is 0 Å². The number of urea groups is 1. The monoisotopic (exact) mass is 256 g/mol. The minimum absolute atomic E-state index is 0.173. The van der Waals surface area contributed by atoms with Crippen LogP contribution in [0.3, 0.4) is 0 Å². The fourth-order valence-electron chi connectivity index (χ4n) is 2.38. The average Bonchev–Trinajstić information content (AvgIpc) is 2.29. The highest BCUT2D eigenvalue weighted by Crippen LogP contribution is 2.04. The average molecular weight is 256 g/mol. The Labute approximate surface area is 109 Å². The Bertz CT molecular complexity index is 281. The van der Waals surface area contributed by atoms with Gasteiger partial charge in [0, 0.05) is 12.5 Å². The van der Waals surface area contributed by atoms with Crippen molar-refractivity contribution >= 4 is 11.9 Å². The molecule has 0 aromatic heterocycles. The standard InChI is InChI=1S/C13H25N3O2/c1-3-4-7-14-13(18)15-12(17)10-16-8-5-6-11(2)9-16/h11H,3-10H2,1-2H3,(H2,14,15,17,18)/p+1/t11-/m1/s1. The van der Waals surface area contributed by atoms with Gasteiger partial charge in [-0.25, -0.2) is 4.79 Å². The third kappa shape index (κ3) is 6.00. The highest BCUT2D eigenvalue weighted by molar-refractivity contribution is 5.94. The van der Waals surface area contributed by atoms with Crippen LogP contribution in [0.2, 0.25) is 0 Å². The molecule has 2 atom stereocenters. The lowest BCUT2D eigenvalue weighted by atomic mass is 10.0. The Kier molecular flexibility index (Phi) is 6.72. The first kappa shape index (κ1) is 15.0. The second-order valence-electron chi connectivity index (χ2n) is 5.29. The predicted molar refractivity (Wildman–Crippen MR) is 70.4 cm³/mol. The number of imide groups is 1. The molecule has 0 bridgehead atoms. The van der Waals surface area contributed by atoms with Crippen LogP contribution in [0.25, 0.3) is 0 Å². The summed E-state index contributed by atoms with van der Waals surface area (Å²) >= 11 is 0. The van der Waals surface area contributed by atoms with Crippen LogP contribution in [-0.4, -0.2) is 38.1 Å². The summed E-state index contributed by atoms with van der Waals surface area (Å²) < 4.78 is 0. The van der Waals surface area contributed by atoms with Gasteiger partial charge in [0.15, 0.2) is 6.54 Å². The number of hydrogen-bond acceptors (Lipinski definition) is 2. The van der Waals surface area contributed by atoms with Gasteiger partial charge in [0.2, 0.25) is 0 Å². The number of rotatable bonds is 5. The number of nitrogens with one attached hydrogen (secondary N) is 3. The van der Waals surface area contributed by atoms with Crippen molar-refractivity contribution in [1.29, 1.82) is 0 Å². The Hall–Kier alpha value is -1.10. The largest absolute Gasteiger partial charge is 0.338 e. The van der Waals surface area contributed by atoms with Gasteiger partial charge in [0.1, 0.15) is 0 Å². The number of carbonyl (C=O) groups is 2. The van der Waals surface area contributed by atoms with Crippen molar-refractivity contribution in [3.8, 4) is 0 Å². The van der Waals surface area contributed by atoms with E-state index in [2.05, 4.69) is 24.5 Å². The molecule has 1 unspecified atom stereocenters. The van der Waals surface area contributed by atoms with Gasteiger partial charge in [0.25, 0.3) is 5.91 Å². The van der Waals surface area contributed by atoms with Crippen LogP contribution in [0.1, 0.15) is 39.5 Å². The summed E-state index contributed by atoms with van der Waals surface area (Å²) in [6.45, 7) is 7.38. The topological polar surface area (TPSA) is 62.6 Å². The number of hydrogen-bond donors (Lipinski definition) is 3. The Morgan fingerprint density at radius 1 is 1.39 bits per heavy atom. The van der Waals surface area contributed by atoms with E-state index in [4.69, 9.17) is 0 Å². The normalized spacial score (nSPS) is 23.4. The van der Waals surface area contributed by atoms with E-state index in [0.717, 1.165) is 25.9 Å². The van der Waals surface area contributed by atoms with Gasteiger partial charge in [-0.3, -0.25) is 10.1 Å². The molecule has 18 heavy (non-hydrogen) atoms. The van der Waals surface area contributed by atoms with Crippen LogP contribution in [0.15, 0.2) is 0 Å². The lowest BCUT2D eigenvalue weighted by Gasteiger charge is -2.27. The molecule has 0 spiro atoms. The maximum Gasteiger partial charge on any atom is 0.321 e. The van der Waals surface area contributed by atoms with E-state index in [-0.39, 0.29) is 11.9 Å². The van der Waals surface area contributed by atoms with Crippen LogP contribution in [0, 0.1) is 5.92 Å². The fourth-order valence-corrected chi connectivity index (χ4v) is 2.38. The molecule has 0 saturated carbocycles. The van der Waals surface area contributed by atoms with Crippen molar-refractivity contribution in [2.24, 2.45) is 5.92 Å². The number of unbranched alkanes of at least 4 members (excludes halogenated alkanes) is 1. The van der Waals surface area contributed by atoms with Gasteiger partial charge in [-0.15, -0.1) is 0 Å². The van der Waals surface area contributed by atoms with E-state index in [1.165, 1.54) is 17.7 Å². The molecule has 1 saturated heterocycles. The molecule has 0 aromatic carbocycles. The maximum absolute atomic E-state index is 11.7. The SMILES string of the molecule is CCCCNC(=O)NC(=O)C[NH+]1CCC[C@@H](C)C1. The molecule has 0 aliphatic carbocycles. The van der Waals surface area contributed by atoms with Gasteiger partial charge in [-0.05, 0) is 19.3 Å². The molecule has 1 rings (SSSR count). The first-order valence-electron chi connectivity index (χ1n) is 7.03. The Morgan fingerprint density at radius 2 is 2.17 bits per heavy atom. The van der Waals surface area contributed by atoms with E-state index >= 15 is 0 Å². The van der Waals surface area contributed by atoms with Crippen LogP contribution >= 0.6 is 0 Å². The van der Waals surface area contributed by atoms with Crippen molar-refractivity contribution in [1.82, 2.24) is 10.6 Å². The van der Waals surface area contributed by atoms with Crippen LogP contribution in [0.4, 0.5) is 4.79 Å². The minimum atomic E-state index is -0.363. The molecule has 1 fully saturated rings. The molecule has 0 radical (unpaired) electrons. The Morgan fingerprint density at radius 3 is 2.83 bits per heavy atom. The highest BCUT2D eigenvalue weighted by atomic mass is 16.2. The molecule has 5 nitrogen and oxygen atoms in total. The molecule has 3 N–H and O–H groups in total. The zero-order valence-corrected chi connectivity index (χ0v) is 11.6. The lowest BCUT2D eigenvalue weighted by Crippen LogP contribution is -3.14. The van der Waals surface area contributed by atoms with Crippen molar-refractivity contribution in [2.45, 2.75) is 39.5 Å². The van der Waals surface area contributed by atoms with Gasteiger partial charge >= 0.3 is 6.03 Å². The predicted octanol–water partition coefficient (Wildman–Crippen LogP) is -0.0729. The first-order valence-corrected chi connectivity index (χ1v) is 7.03. The summed E-state index contributed by atoms with van der Waals surface area (Å²) in [7, 11) is 0. The summed E-state index contributed by atoms with van der Waals surface area (Å²) in [6.07, 6.45) is 4.40. The van der Waals surface area contributed by atoms with Gasteiger partial charge in [-0.1, -0.05) is 20.3 Å². The number of piperidine rings is 1. The summed E-state index contributed by atoms with van der Waals surface area (Å²) in [6, 6.07) is -0.363.